The average Bonchev–Trinajstić information content (AvgIpc) is 2.16. The van der Waals surface area contributed by atoms with Crippen LogP contribution in [0.3, 0.4) is 0 Å². The molecule has 0 bridgehead atoms. The SMILES string of the molecule is O=S(=O)(Cc1ccc(Br)cc1)CC1CNC1. The molecule has 5 heteroatoms. The van der Waals surface area contributed by atoms with E-state index in [-0.39, 0.29) is 5.75 Å². The van der Waals surface area contributed by atoms with Gasteiger partial charge in [0.2, 0.25) is 0 Å². The van der Waals surface area contributed by atoms with Gasteiger partial charge < -0.3 is 5.32 Å². The summed E-state index contributed by atoms with van der Waals surface area (Å²) in [5.74, 6) is 0.757. The van der Waals surface area contributed by atoms with Crippen LogP contribution in [0.1, 0.15) is 5.56 Å². The minimum Gasteiger partial charge on any atom is -0.316 e. The highest BCUT2D eigenvalue weighted by Gasteiger charge is 2.24. The number of sulfone groups is 1. The highest BCUT2D eigenvalue weighted by molar-refractivity contribution is 9.10. The van der Waals surface area contributed by atoms with E-state index in [1.165, 1.54) is 0 Å². The van der Waals surface area contributed by atoms with E-state index < -0.39 is 9.84 Å². The van der Waals surface area contributed by atoms with Gasteiger partial charge in [-0.2, -0.15) is 0 Å². The largest absolute Gasteiger partial charge is 0.316 e. The van der Waals surface area contributed by atoms with Crippen LogP contribution in [0.2, 0.25) is 0 Å². The van der Waals surface area contributed by atoms with Crippen LogP contribution in [-0.4, -0.2) is 27.3 Å². The second-order valence-electron chi connectivity index (χ2n) is 4.21. The number of rotatable bonds is 4. The maximum atomic E-state index is 11.8. The van der Waals surface area contributed by atoms with Crippen LogP contribution in [0.15, 0.2) is 28.7 Å². The first-order valence-corrected chi connectivity index (χ1v) is 7.82. The Balaban J connectivity index is 1.99. The Morgan fingerprint density at radius 3 is 2.38 bits per heavy atom. The molecule has 0 aliphatic carbocycles. The van der Waals surface area contributed by atoms with Gasteiger partial charge >= 0.3 is 0 Å². The smallest absolute Gasteiger partial charge is 0.154 e. The zero-order valence-corrected chi connectivity index (χ0v) is 11.2. The van der Waals surface area contributed by atoms with Crippen molar-refractivity contribution in [1.82, 2.24) is 5.32 Å². The molecule has 1 aromatic rings. The third-order valence-corrected chi connectivity index (χ3v) is 4.94. The standard InChI is InChI=1S/C11H14BrNO2S/c12-11-3-1-9(2-4-11)7-16(14,15)8-10-5-13-6-10/h1-4,10,13H,5-8H2. The number of hydrogen-bond acceptors (Lipinski definition) is 3. The van der Waals surface area contributed by atoms with E-state index in [9.17, 15) is 8.42 Å². The van der Waals surface area contributed by atoms with E-state index in [1.807, 2.05) is 24.3 Å². The number of nitrogens with one attached hydrogen (secondary N) is 1. The zero-order valence-electron chi connectivity index (χ0n) is 8.82. The molecule has 88 valence electrons. The van der Waals surface area contributed by atoms with Crippen molar-refractivity contribution < 1.29 is 8.42 Å². The molecule has 0 atom stereocenters. The summed E-state index contributed by atoms with van der Waals surface area (Å²) in [5, 5.41) is 3.08. The highest BCUT2D eigenvalue weighted by Crippen LogP contribution is 2.15. The van der Waals surface area contributed by atoms with E-state index in [1.54, 1.807) is 0 Å². The van der Waals surface area contributed by atoms with Crippen molar-refractivity contribution in [2.45, 2.75) is 5.75 Å². The van der Waals surface area contributed by atoms with Crippen LogP contribution in [0.4, 0.5) is 0 Å². The minimum atomic E-state index is -2.96. The van der Waals surface area contributed by atoms with Crippen LogP contribution >= 0.6 is 15.9 Å². The first-order chi connectivity index (χ1) is 7.55. The lowest BCUT2D eigenvalue weighted by molar-refractivity contribution is 0.378. The van der Waals surface area contributed by atoms with E-state index in [4.69, 9.17) is 0 Å². The van der Waals surface area contributed by atoms with Crippen LogP contribution in [0.5, 0.6) is 0 Å². The maximum absolute atomic E-state index is 11.8. The van der Waals surface area contributed by atoms with E-state index in [0.717, 1.165) is 23.1 Å². The third-order valence-electron chi connectivity index (χ3n) is 2.66. The molecule has 0 radical (unpaired) electrons. The Morgan fingerprint density at radius 1 is 1.25 bits per heavy atom. The van der Waals surface area contributed by atoms with Crippen molar-refractivity contribution in [2.75, 3.05) is 18.8 Å². The Bertz CT molecular complexity index is 451. The van der Waals surface area contributed by atoms with E-state index in [0.29, 0.717) is 11.7 Å². The highest BCUT2D eigenvalue weighted by atomic mass is 79.9. The van der Waals surface area contributed by atoms with Gasteiger partial charge in [0.15, 0.2) is 9.84 Å². The summed E-state index contributed by atoms with van der Waals surface area (Å²) in [4.78, 5) is 0. The quantitative estimate of drug-likeness (QED) is 0.919. The molecule has 0 amide bonds. The van der Waals surface area contributed by atoms with Gasteiger partial charge in [0.25, 0.3) is 0 Å². The fourth-order valence-electron chi connectivity index (χ4n) is 1.72. The van der Waals surface area contributed by atoms with Gasteiger partial charge in [-0.25, -0.2) is 8.42 Å². The zero-order chi connectivity index (χ0) is 11.6. The molecule has 1 fully saturated rings. The summed E-state index contributed by atoms with van der Waals surface area (Å²) in [6.07, 6.45) is 0. The molecule has 1 aromatic carbocycles. The fourth-order valence-corrected chi connectivity index (χ4v) is 3.76. The van der Waals surface area contributed by atoms with Crippen molar-refractivity contribution in [1.29, 1.82) is 0 Å². The Kier molecular flexibility index (Phi) is 3.66. The topological polar surface area (TPSA) is 46.2 Å². The van der Waals surface area contributed by atoms with Gasteiger partial charge in [0.05, 0.1) is 11.5 Å². The lowest BCUT2D eigenvalue weighted by atomic mass is 10.1. The molecular formula is C11H14BrNO2S. The van der Waals surface area contributed by atoms with Crippen LogP contribution in [0.25, 0.3) is 0 Å². The summed E-state index contributed by atoms with van der Waals surface area (Å²) in [5.41, 5.74) is 0.857. The molecule has 0 aromatic heterocycles. The van der Waals surface area contributed by atoms with E-state index >= 15 is 0 Å². The van der Waals surface area contributed by atoms with Crippen molar-refractivity contribution >= 4 is 25.8 Å². The lowest BCUT2D eigenvalue weighted by Crippen LogP contribution is -2.45. The number of halogens is 1. The molecule has 16 heavy (non-hydrogen) atoms. The summed E-state index contributed by atoms with van der Waals surface area (Å²) in [6.45, 7) is 1.67. The van der Waals surface area contributed by atoms with Gasteiger partial charge in [-0.05, 0) is 23.6 Å². The van der Waals surface area contributed by atoms with Gasteiger partial charge in [-0.1, -0.05) is 28.1 Å². The summed E-state index contributed by atoms with van der Waals surface area (Å²) >= 11 is 3.33. The van der Waals surface area contributed by atoms with Crippen molar-refractivity contribution in [3.8, 4) is 0 Å². The normalized spacial score (nSPS) is 17.1. The molecular weight excluding hydrogens is 290 g/mol. The second-order valence-corrected chi connectivity index (χ2v) is 7.23. The molecule has 1 aliphatic rings. The number of hydrogen-bond donors (Lipinski definition) is 1. The van der Waals surface area contributed by atoms with Crippen molar-refractivity contribution in [2.24, 2.45) is 5.92 Å². The van der Waals surface area contributed by atoms with Crippen molar-refractivity contribution in [3.05, 3.63) is 34.3 Å². The average molecular weight is 304 g/mol. The Hall–Kier alpha value is -0.390. The van der Waals surface area contributed by atoms with Crippen LogP contribution < -0.4 is 5.32 Å². The van der Waals surface area contributed by atoms with Gasteiger partial charge in [0, 0.05) is 17.6 Å². The third kappa shape index (κ3) is 3.30. The van der Waals surface area contributed by atoms with Gasteiger partial charge in [-0.15, -0.1) is 0 Å². The monoisotopic (exact) mass is 303 g/mol. The first kappa shape index (κ1) is 12.1. The lowest BCUT2D eigenvalue weighted by Gasteiger charge is -2.26. The molecule has 1 heterocycles. The van der Waals surface area contributed by atoms with Crippen LogP contribution in [-0.2, 0) is 15.6 Å². The number of benzene rings is 1. The summed E-state index contributed by atoms with van der Waals surface area (Å²) in [6, 6.07) is 7.44. The predicted molar refractivity (Wildman–Crippen MR) is 68.0 cm³/mol. The molecule has 3 nitrogen and oxygen atoms in total. The Morgan fingerprint density at radius 2 is 1.88 bits per heavy atom. The van der Waals surface area contributed by atoms with Crippen LogP contribution in [0, 0.1) is 5.92 Å². The van der Waals surface area contributed by atoms with Gasteiger partial charge in [0.1, 0.15) is 0 Å². The summed E-state index contributed by atoms with van der Waals surface area (Å²) in [7, 11) is -2.96. The molecule has 0 saturated carbocycles. The molecule has 0 spiro atoms. The fraction of sp³-hybridized carbons (Fsp3) is 0.455. The first-order valence-electron chi connectivity index (χ1n) is 5.21. The molecule has 0 unspecified atom stereocenters. The predicted octanol–water partition coefficient (Wildman–Crippen LogP) is 1.58. The van der Waals surface area contributed by atoms with Crippen molar-refractivity contribution in [3.63, 3.8) is 0 Å². The molecule has 1 aliphatic heterocycles. The molecule has 1 saturated heterocycles. The molecule has 1 N–H and O–H groups in total. The Labute approximate surface area is 104 Å². The minimum absolute atomic E-state index is 0.150. The van der Waals surface area contributed by atoms with E-state index in [2.05, 4.69) is 21.2 Å². The van der Waals surface area contributed by atoms with Gasteiger partial charge in [-0.3, -0.25) is 0 Å². The summed E-state index contributed by atoms with van der Waals surface area (Å²) < 4.78 is 24.7. The maximum Gasteiger partial charge on any atom is 0.154 e. The second kappa shape index (κ2) is 4.85. The molecule has 2 rings (SSSR count).